The third kappa shape index (κ3) is 8.31. The van der Waals surface area contributed by atoms with Crippen molar-refractivity contribution >= 4 is 11.8 Å². The van der Waals surface area contributed by atoms with Gasteiger partial charge in [0.2, 0.25) is 5.78 Å². The van der Waals surface area contributed by atoms with Gasteiger partial charge in [0.15, 0.2) is 6.10 Å². The van der Waals surface area contributed by atoms with Gasteiger partial charge >= 0.3 is 5.97 Å². The van der Waals surface area contributed by atoms with Gasteiger partial charge in [-0.2, -0.15) is 0 Å². The van der Waals surface area contributed by atoms with E-state index in [1.807, 2.05) is 0 Å². The van der Waals surface area contributed by atoms with E-state index in [4.69, 9.17) is 9.26 Å². The number of hydrogen-bond donors (Lipinski definition) is 0. The van der Waals surface area contributed by atoms with Gasteiger partial charge in [-0.15, -0.1) is 0 Å². The Kier molecular flexibility index (Phi) is 11.0. The number of unbranched alkanes of at least 4 members (excludes halogenated alkanes) is 12. The van der Waals surface area contributed by atoms with Crippen molar-refractivity contribution in [3.8, 4) is 0 Å². The number of fused-ring (bicyclic) bond motifs is 1. The average Bonchev–Trinajstić information content (AvgIpc) is 3.11. The second kappa shape index (κ2) is 13.6. The molecule has 164 valence electrons. The highest BCUT2D eigenvalue weighted by Crippen LogP contribution is 2.27. The lowest BCUT2D eigenvalue weighted by molar-refractivity contribution is -0.144. The molecule has 29 heavy (non-hydrogen) atoms. The van der Waals surface area contributed by atoms with Gasteiger partial charge in [0, 0.05) is 13.3 Å². The van der Waals surface area contributed by atoms with Crippen molar-refractivity contribution in [1.29, 1.82) is 0 Å². The van der Waals surface area contributed by atoms with E-state index in [0.29, 0.717) is 24.2 Å². The van der Waals surface area contributed by atoms with Crippen molar-refractivity contribution in [1.82, 2.24) is 5.16 Å². The molecular formula is C24H39NO4. The number of hydrogen-bond acceptors (Lipinski definition) is 5. The molecule has 0 saturated carbocycles. The van der Waals surface area contributed by atoms with Crippen molar-refractivity contribution in [2.75, 3.05) is 0 Å². The van der Waals surface area contributed by atoms with E-state index >= 15 is 0 Å². The van der Waals surface area contributed by atoms with E-state index in [2.05, 4.69) is 12.1 Å². The molecule has 0 aromatic carbocycles. The maximum atomic E-state index is 12.6. The molecule has 1 aliphatic rings. The minimum absolute atomic E-state index is 0.146. The Hall–Kier alpha value is -1.65. The summed E-state index contributed by atoms with van der Waals surface area (Å²) in [6.45, 7) is 3.60. The number of esters is 1. The summed E-state index contributed by atoms with van der Waals surface area (Å²) < 4.78 is 10.5. The zero-order valence-electron chi connectivity index (χ0n) is 18.5. The first-order valence-electron chi connectivity index (χ1n) is 11.8. The van der Waals surface area contributed by atoms with Gasteiger partial charge in [0.1, 0.15) is 5.76 Å². The molecular weight excluding hydrogens is 366 g/mol. The first-order chi connectivity index (χ1) is 14.1. The Morgan fingerprint density at radius 3 is 2.07 bits per heavy atom. The molecule has 0 fully saturated rings. The number of aromatic nitrogens is 1. The van der Waals surface area contributed by atoms with Crippen molar-refractivity contribution in [2.24, 2.45) is 0 Å². The maximum absolute atomic E-state index is 12.6. The van der Waals surface area contributed by atoms with E-state index in [1.165, 1.54) is 77.6 Å². The molecule has 1 unspecified atom stereocenters. The van der Waals surface area contributed by atoms with E-state index < -0.39 is 12.1 Å². The summed E-state index contributed by atoms with van der Waals surface area (Å²) in [5.41, 5.74) is 1.31. The molecule has 1 aromatic heterocycles. The van der Waals surface area contributed by atoms with E-state index in [1.54, 1.807) is 0 Å². The third-order valence-corrected chi connectivity index (χ3v) is 5.83. The van der Waals surface area contributed by atoms with Crippen molar-refractivity contribution < 1.29 is 18.8 Å². The molecule has 0 aliphatic heterocycles. The van der Waals surface area contributed by atoms with E-state index in [9.17, 15) is 9.59 Å². The maximum Gasteiger partial charge on any atom is 0.303 e. The predicted molar refractivity (Wildman–Crippen MR) is 114 cm³/mol. The number of carbonyl (C=O) groups is 2. The normalized spacial score (nSPS) is 16.1. The molecule has 0 bridgehead atoms. The van der Waals surface area contributed by atoms with Crippen molar-refractivity contribution in [2.45, 2.75) is 123 Å². The van der Waals surface area contributed by atoms with Crippen LogP contribution >= 0.6 is 0 Å². The second-order valence-electron chi connectivity index (χ2n) is 8.42. The number of carbonyl (C=O) groups excluding carboxylic acids is 2. The summed E-state index contributed by atoms with van der Waals surface area (Å²) in [7, 11) is 0. The van der Waals surface area contributed by atoms with Crippen LogP contribution in [-0.2, 0) is 22.4 Å². The van der Waals surface area contributed by atoms with Gasteiger partial charge < -0.3 is 9.26 Å². The monoisotopic (exact) mass is 405 g/mol. The molecule has 2 rings (SSSR count). The Morgan fingerprint density at radius 1 is 0.966 bits per heavy atom. The lowest BCUT2D eigenvalue weighted by Crippen LogP contribution is -2.31. The topological polar surface area (TPSA) is 69.4 Å². The lowest BCUT2D eigenvalue weighted by Gasteiger charge is -2.19. The van der Waals surface area contributed by atoms with Crippen LogP contribution in [-0.4, -0.2) is 23.0 Å². The van der Waals surface area contributed by atoms with Crippen molar-refractivity contribution in [3.05, 3.63) is 17.0 Å². The molecule has 1 heterocycles. The van der Waals surface area contributed by atoms with Crippen LogP contribution in [0.5, 0.6) is 0 Å². The molecule has 5 heteroatoms. The van der Waals surface area contributed by atoms with Crippen molar-refractivity contribution in [3.63, 3.8) is 0 Å². The van der Waals surface area contributed by atoms with Crippen LogP contribution in [0.15, 0.2) is 4.52 Å². The molecule has 0 radical (unpaired) electrons. The molecule has 0 saturated heterocycles. The quantitative estimate of drug-likeness (QED) is 0.250. The van der Waals surface area contributed by atoms with Gasteiger partial charge in [0.25, 0.3) is 0 Å². The number of rotatable bonds is 15. The van der Waals surface area contributed by atoms with Crippen LogP contribution in [0, 0.1) is 0 Å². The number of ketones is 1. The molecule has 0 amide bonds. The van der Waals surface area contributed by atoms with Gasteiger partial charge in [-0.1, -0.05) is 89.1 Å². The largest absolute Gasteiger partial charge is 0.454 e. The van der Waals surface area contributed by atoms with Crippen LogP contribution in [0.2, 0.25) is 0 Å². The number of aryl methyl sites for hydroxylation is 2. The number of nitrogens with zero attached hydrogens (tertiary/aromatic N) is 1. The van der Waals surface area contributed by atoms with Gasteiger partial charge in [-0.25, -0.2) is 0 Å². The Balaban J connectivity index is 1.55. The SMILES string of the molecule is CCCCCCCCCCCCCCCc1noc2c1C(=O)C(OC(C)=O)CC2. The predicted octanol–water partition coefficient (Wildman–Crippen LogP) is 6.37. The van der Waals surface area contributed by atoms with Crippen LogP contribution < -0.4 is 0 Å². The third-order valence-electron chi connectivity index (χ3n) is 5.83. The number of ether oxygens (including phenoxy) is 1. The minimum Gasteiger partial charge on any atom is -0.454 e. The fraction of sp³-hybridized carbons (Fsp3) is 0.792. The summed E-state index contributed by atoms with van der Waals surface area (Å²) in [6.07, 6.45) is 18.2. The molecule has 5 nitrogen and oxygen atoms in total. The fourth-order valence-electron chi connectivity index (χ4n) is 4.16. The Labute approximate surface area is 175 Å². The average molecular weight is 406 g/mol. The number of Topliss-reactive ketones (excluding diaryl/α,β-unsaturated/α-hetero) is 1. The van der Waals surface area contributed by atoms with Crippen LogP contribution in [0.3, 0.4) is 0 Å². The summed E-state index contributed by atoms with van der Waals surface area (Å²) in [5, 5.41) is 4.12. The summed E-state index contributed by atoms with van der Waals surface area (Å²) in [5.74, 6) is 0.0942. The minimum atomic E-state index is -0.676. The zero-order valence-corrected chi connectivity index (χ0v) is 18.5. The Morgan fingerprint density at radius 2 is 1.52 bits per heavy atom. The highest BCUT2D eigenvalue weighted by atomic mass is 16.5. The fourth-order valence-corrected chi connectivity index (χ4v) is 4.16. The summed E-state index contributed by atoms with van der Waals surface area (Å²) >= 11 is 0. The molecule has 0 spiro atoms. The summed E-state index contributed by atoms with van der Waals surface area (Å²) in [4.78, 5) is 23.8. The molecule has 1 atom stereocenters. The molecule has 1 aliphatic carbocycles. The first kappa shape index (κ1) is 23.6. The molecule has 0 N–H and O–H groups in total. The standard InChI is InChI=1S/C24H39NO4/c1-3-4-5-6-7-8-9-10-11-12-13-14-15-16-20-23-21(29-25-20)17-18-22(24(23)27)28-19(2)26/h22H,3-18H2,1-2H3. The Bertz CT molecular complexity index is 622. The zero-order chi connectivity index (χ0) is 20.9. The van der Waals surface area contributed by atoms with Crippen LogP contribution in [0.25, 0.3) is 0 Å². The van der Waals surface area contributed by atoms with E-state index in [0.717, 1.165) is 25.0 Å². The van der Waals surface area contributed by atoms with Gasteiger partial charge in [-0.05, 0) is 19.3 Å². The second-order valence-corrected chi connectivity index (χ2v) is 8.42. The van der Waals surface area contributed by atoms with Gasteiger partial charge in [-0.3, -0.25) is 9.59 Å². The van der Waals surface area contributed by atoms with Crippen LogP contribution in [0.4, 0.5) is 0 Å². The van der Waals surface area contributed by atoms with Gasteiger partial charge in [0.05, 0.1) is 11.3 Å². The first-order valence-corrected chi connectivity index (χ1v) is 11.8. The highest BCUT2D eigenvalue weighted by molar-refractivity contribution is 6.03. The summed E-state index contributed by atoms with van der Waals surface area (Å²) in [6, 6.07) is 0. The lowest BCUT2D eigenvalue weighted by atomic mass is 9.91. The van der Waals surface area contributed by atoms with Crippen LogP contribution in [0.1, 0.15) is 126 Å². The smallest absolute Gasteiger partial charge is 0.303 e. The van der Waals surface area contributed by atoms with E-state index in [-0.39, 0.29) is 5.78 Å². The molecule has 1 aromatic rings. The highest BCUT2D eigenvalue weighted by Gasteiger charge is 2.35.